The van der Waals surface area contributed by atoms with E-state index < -0.39 is 10.8 Å². The van der Waals surface area contributed by atoms with Crippen molar-refractivity contribution >= 4 is 34.1 Å². The number of benzene rings is 3. The number of nitrogens with zero attached hydrogens (tertiary/aromatic N) is 3. The molecule has 2 heterocycles. The van der Waals surface area contributed by atoms with Crippen molar-refractivity contribution in [1.82, 2.24) is 4.98 Å². The van der Waals surface area contributed by atoms with Gasteiger partial charge in [-0.25, -0.2) is 4.98 Å². The van der Waals surface area contributed by atoms with E-state index in [4.69, 9.17) is 9.15 Å². The third kappa shape index (κ3) is 4.52. The summed E-state index contributed by atoms with van der Waals surface area (Å²) in [6, 6.07) is 14.1. The molecule has 3 aromatic carbocycles. The lowest BCUT2D eigenvalue weighted by Crippen LogP contribution is -2.36. The third-order valence-corrected chi connectivity index (χ3v) is 6.34. The van der Waals surface area contributed by atoms with E-state index in [1.54, 1.807) is 18.2 Å². The number of morpholine rings is 1. The summed E-state index contributed by atoms with van der Waals surface area (Å²) in [4.78, 5) is 30.9. The molecule has 1 N–H and O–H groups in total. The minimum absolute atomic E-state index is 0.104. The van der Waals surface area contributed by atoms with E-state index in [1.165, 1.54) is 6.07 Å². The highest BCUT2D eigenvalue weighted by Crippen LogP contribution is 2.32. The number of amides is 1. The normalized spacial score (nSPS) is 13.7. The van der Waals surface area contributed by atoms with Crippen LogP contribution in [0.2, 0.25) is 0 Å². The Kier molecular flexibility index (Phi) is 6.15. The van der Waals surface area contributed by atoms with Crippen LogP contribution in [0.5, 0.6) is 0 Å². The summed E-state index contributed by atoms with van der Waals surface area (Å²) >= 11 is 0. The number of carbonyl (C=O) groups is 1. The SMILES string of the molecule is Cc1cc(C)c2oc(-c3ccc(C)c(NC(=O)c4ccc(N5CCOCC5)c([N+](=O)[O-])c4)c3)nc2c1. The summed E-state index contributed by atoms with van der Waals surface area (Å²) in [7, 11) is 0. The molecule has 0 atom stereocenters. The molecule has 5 rings (SSSR count). The van der Waals surface area contributed by atoms with Gasteiger partial charge in [-0.3, -0.25) is 14.9 Å². The lowest BCUT2D eigenvalue weighted by Gasteiger charge is -2.28. The Morgan fingerprint density at radius 2 is 1.81 bits per heavy atom. The fraction of sp³-hybridized carbons (Fsp3) is 0.259. The minimum atomic E-state index is -0.454. The third-order valence-electron chi connectivity index (χ3n) is 6.34. The smallest absolute Gasteiger partial charge is 0.293 e. The highest BCUT2D eigenvalue weighted by Gasteiger charge is 2.24. The molecule has 0 spiro atoms. The molecule has 0 saturated carbocycles. The number of ether oxygens (including phenoxy) is 1. The van der Waals surface area contributed by atoms with E-state index in [0.29, 0.717) is 43.6 Å². The molecular formula is C27H26N4O5. The summed E-state index contributed by atoms with van der Waals surface area (Å²) < 4.78 is 11.4. The van der Waals surface area contributed by atoms with Gasteiger partial charge in [0.05, 0.1) is 18.1 Å². The van der Waals surface area contributed by atoms with Crippen LogP contribution in [0.25, 0.3) is 22.6 Å². The molecule has 36 heavy (non-hydrogen) atoms. The van der Waals surface area contributed by atoms with Gasteiger partial charge in [-0.15, -0.1) is 0 Å². The number of fused-ring (bicyclic) bond motifs is 1. The number of aryl methyl sites for hydroxylation is 3. The van der Waals surface area contributed by atoms with E-state index in [-0.39, 0.29) is 11.3 Å². The van der Waals surface area contributed by atoms with Crippen LogP contribution in [0.3, 0.4) is 0 Å². The summed E-state index contributed by atoms with van der Waals surface area (Å²) in [6.45, 7) is 8.01. The molecule has 1 fully saturated rings. The van der Waals surface area contributed by atoms with Gasteiger partial charge in [-0.05, 0) is 67.8 Å². The van der Waals surface area contributed by atoms with Gasteiger partial charge < -0.3 is 19.4 Å². The molecule has 4 aromatic rings. The van der Waals surface area contributed by atoms with Crippen molar-refractivity contribution in [2.24, 2.45) is 0 Å². The largest absolute Gasteiger partial charge is 0.436 e. The predicted molar refractivity (Wildman–Crippen MR) is 138 cm³/mol. The number of nitrogens with one attached hydrogen (secondary N) is 1. The number of nitro benzene ring substituents is 1. The number of oxazole rings is 1. The first-order valence-corrected chi connectivity index (χ1v) is 11.7. The molecule has 184 valence electrons. The van der Waals surface area contributed by atoms with Crippen LogP contribution in [-0.4, -0.2) is 42.1 Å². The number of anilines is 2. The average molecular weight is 487 g/mol. The summed E-state index contributed by atoms with van der Waals surface area (Å²) in [6.07, 6.45) is 0. The number of nitro groups is 1. The first-order chi connectivity index (χ1) is 17.3. The van der Waals surface area contributed by atoms with Gasteiger partial charge in [0.1, 0.15) is 11.2 Å². The van der Waals surface area contributed by atoms with Crippen LogP contribution in [0.1, 0.15) is 27.0 Å². The Bertz CT molecular complexity index is 1490. The Hall–Kier alpha value is -4.24. The zero-order chi connectivity index (χ0) is 25.4. The number of hydrogen-bond acceptors (Lipinski definition) is 7. The quantitative estimate of drug-likeness (QED) is 0.296. The van der Waals surface area contributed by atoms with Gasteiger partial charge in [0.15, 0.2) is 5.58 Å². The van der Waals surface area contributed by atoms with Crippen LogP contribution in [0.15, 0.2) is 52.9 Å². The first-order valence-electron chi connectivity index (χ1n) is 11.7. The van der Waals surface area contributed by atoms with Gasteiger partial charge in [-0.2, -0.15) is 0 Å². The maximum absolute atomic E-state index is 13.1. The Balaban J connectivity index is 1.43. The second kappa shape index (κ2) is 9.43. The van der Waals surface area contributed by atoms with Crippen LogP contribution in [0, 0.1) is 30.9 Å². The molecule has 1 saturated heterocycles. The number of aromatic nitrogens is 1. The molecule has 1 amide bonds. The summed E-state index contributed by atoms with van der Waals surface area (Å²) in [5.41, 5.74) is 6.34. The topological polar surface area (TPSA) is 111 Å². The van der Waals surface area contributed by atoms with E-state index in [0.717, 1.165) is 33.4 Å². The highest BCUT2D eigenvalue weighted by atomic mass is 16.6. The monoisotopic (exact) mass is 486 g/mol. The zero-order valence-corrected chi connectivity index (χ0v) is 20.3. The molecule has 1 aromatic heterocycles. The molecule has 9 heteroatoms. The van der Waals surface area contributed by atoms with Crippen molar-refractivity contribution < 1.29 is 18.9 Å². The van der Waals surface area contributed by atoms with Gasteiger partial charge in [0, 0.05) is 36.0 Å². The molecule has 1 aliphatic rings. The van der Waals surface area contributed by atoms with E-state index in [2.05, 4.69) is 10.3 Å². The van der Waals surface area contributed by atoms with E-state index in [1.807, 2.05) is 49.9 Å². The fourth-order valence-corrected chi connectivity index (χ4v) is 4.47. The van der Waals surface area contributed by atoms with Crippen LogP contribution in [0.4, 0.5) is 17.1 Å². The second-order valence-corrected chi connectivity index (χ2v) is 8.99. The predicted octanol–water partition coefficient (Wildman–Crippen LogP) is 5.42. The first kappa shape index (κ1) is 23.5. The maximum atomic E-state index is 13.1. The Morgan fingerprint density at radius 3 is 2.56 bits per heavy atom. The lowest BCUT2D eigenvalue weighted by molar-refractivity contribution is -0.384. The second-order valence-electron chi connectivity index (χ2n) is 8.99. The van der Waals surface area contributed by atoms with Crippen molar-refractivity contribution in [3.05, 3.63) is 80.9 Å². The van der Waals surface area contributed by atoms with E-state index >= 15 is 0 Å². The zero-order valence-electron chi connectivity index (χ0n) is 20.3. The number of rotatable bonds is 5. The number of hydrogen-bond donors (Lipinski definition) is 1. The van der Waals surface area contributed by atoms with Crippen molar-refractivity contribution in [2.75, 3.05) is 36.5 Å². The van der Waals surface area contributed by atoms with Crippen LogP contribution < -0.4 is 10.2 Å². The maximum Gasteiger partial charge on any atom is 0.293 e. The molecule has 0 aliphatic carbocycles. The molecule has 0 bridgehead atoms. The fourth-order valence-electron chi connectivity index (χ4n) is 4.47. The molecule has 0 radical (unpaired) electrons. The standard InChI is InChI=1S/C27H26N4O5/c1-16-12-18(3)25-22(13-16)29-27(36-25)20-5-4-17(2)21(14-20)28-26(32)19-6-7-23(24(15-19)31(33)34)30-8-10-35-11-9-30/h4-7,12-15H,8-11H2,1-3H3,(H,28,32). The summed E-state index contributed by atoms with van der Waals surface area (Å²) in [5, 5.41) is 14.7. The summed E-state index contributed by atoms with van der Waals surface area (Å²) in [5.74, 6) is 0.0237. The van der Waals surface area contributed by atoms with Crippen LogP contribution in [-0.2, 0) is 4.74 Å². The van der Waals surface area contributed by atoms with Crippen molar-refractivity contribution in [3.63, 3.8) is 0 Å². The lowest BCUT2D eigenvalue weighted by atomic mass is 10.1. The van der Waals surface area contributed by atoms with Crippen LogP contribution >= 0.6 is 0 Å². The van der Waals surface area contributed by atoms with Crippen molar-refractivity contribution in [1.29, 1.82) is 0 Å². The molecule has 0 unspecified atom stereocenters. The van der Waals surface area contributed by atoms with E-state index in [9.17, 15) is 14.9 Å². The highest BCUT2D eigenvalue weighted by molar-refractivity contribution is 6.05. The van der Waals surface area contributed by atoms with Crippen molar-refractivity contribution in [2.45, 2.75) is 20.8 Å². The molecule has 9 nitrogen and oxygen atoms in total. The Morgan fingerprint density at radius 1 is 1.03 bits per heavy atom. The molecule has 1 aliphatic heterocycles. The Labute approximate surface area is 207 Å². The average Bonchev–Trinajstić information content (AvgIpc) is 3.30. The minimum Gasteiger partial charge on any atom is -0.436 e. The van der Waals surface area contributed by atoms with Crippen molar-refractivity contribution in [3.8, 4) is 11.5 Å². The van der Waals surface area contributed by atoms with Gasteiger partial charge >= 0.3 is 0 Å². The molecular weight excluding hydrogens is 460 g/mol. The van der Waals surface area contributed by atoms with Gasteiger partial charge in [-0.1, -0.05) is 12.1 Å². The van der Waals surface area contributed by atoms with Gasteiger partial charge in [0.25, 0.3) is 11.6 Å². The van der Waals surface area contributed by atoms with Gasteiger partial charge in [0.2, 0.25) is 5.89 Å². The number of carbonyl (C=O) groups excluding carboxylic acids is 1.